The van der Waals surface area contributed by atoms with Crippen molar-refractivity contribution in [2.24, 2.45) is 0 Å². The normalized spacial score (nSPS) is 18.7. The molecule has 0 spiro atoms. The summed E-state index contributed by atoms with van der Waals surface area (Å²) in [7, 11) is 3.98. The quantitative estimate of drug-likeness (QED) is 0.638. The summed E-state index contributed by atoms with van der Waals surface area (Å²) in [5.74, 6) is -0.629. The summed E-state index contributed by atoms with van der Waals surface area (Å²) in [5, 5.41) is 13.4. The lowest BCUT2D eigenvalue weighted by atomic mass is 10.0. The number of amides is 2. The molecule has 1 heterocycles. The number of carbonyl (C=O) groups is 2. The fourth-order valence-electron chi connectivity index (χ4n) is 2.95. The zero-order chi connectivity index (χ0) is 18.6. The van der Waals surface area contributed by atoms with Crippen molar-refractivity contribution in [3.63, 3.8) is 0 Å². The maximum atomic E-state index is 12.6. The number of rotatable bonds is 5. The third-order valence-electron chi connectivity index (χ3n) is 4.48. The van der Waals surface area contributed by atoms with Crippen molar-refractivity contribution < 1.29 is 14.5 Å². The highest BCUT2D eigenvalue weighted by Crippen LogP contribution is 2.16. The molecule has 1 fully saturated rings. The molecule has 0 aliphatic carbocycles. The van der Waals surface area contributed by atoms with E-state index in [1.165, 1.54) is 24.3 Å². The highest BCUT2D eigenvalue weighted by Gasteiger charge is 2.28. The van der Waals surface area contributed by atoms with Gasteiger partial charge in [-0.15, -0.1) is 0 Å². The zero-order valence-corrected chi connectivity index (χ0v) is 14.8. The maximum absolute atomic E-state index is 12.6. The average Bonchev–Trinajstić information content (AvgIpc) is 2.61. The molecule has 1 aromatic rings. The van der Waals surface area contributed by atoms with Gasteiger partial charge in [-0.3, -0.25) is 19.7 Å². The lowest BCUT2D eigenvalue weighted by Crippen LogP contribution is -2.53. The van der Waals surface area contributed by atoms with Crippen LogP contribution in [-0.4, -0.2) is 65.8 Å². The van der Waals surface area contributed by atoms with Crippen LogP contribution in [0.25, 0.3) is 0 Å². The molecule has 0 aromatic heterocycles. The van der Waals surface area contributed by atoms with Crippen LogP contribution in [0.1, 0.15) is 30.1 Å². The molecule has 0 saturated carbocycles. The topological polar surface area (TPSA) is 95.8 Å². The van der Waals surface area contributed by atoms with Crippen LogP contribution in [0.5, 0.6) is 0 Å². The van der Waals surface area contributed by atoms with E-state index in [4.69, 9.17) is 0 Å². The molecule has 2 atom stereocenters. The van der Waals surface area contributed by atoms with Gasteiger partial charge in [0.05, 0.1) is 4.92 Å². The molecule has 25 heavy (non-hydrogen) atoms. The number of carbonyl (C=O) groups excluding carboxylic acids is 2. The summed E-state index contributed by atoms with van der Waals surface area (Å²) >= 11 is 0. The first-order chi connectivity index (χ1) is 11.8. The van der Waals surface area contributed by atoms with Crippen molar-refractivity contribution in [2.45, 2.75) is 31.8 Å². The van der Waals surface area contributed by atoms with E-state index in [0.717, 1.165) is 12.8 Å². The number of nitrogens with zero attached hydrogens (tertiary/aromatic N) is 3. The van der Waals surface area contributed by atoms with Gasteiger partial charge in [-0.25, -0.2) is 0 Å². The van der Waals surface area contributed by atoms with Gasteiger partial charge in [-0.1, -0.05) is 6.07 Å². The maximum Gasteiger partial charge on any atom is 0.270 e. The lowest BCUT2D eigenvalue weighted by Gasteiger charge is -2.37. The van der Waals surface area contributed by atoms with Gasteiger partial charge in [-0.05, 0) is 39.9 Å². The summed E-state index contributed by atoms with van der Waals surface area (Å²) < 4.78 is 0. The Hall–Kier alpha value is -2.48. The fourth-order valence-corrected chi connectivity index (χ4v) is 2.95. The van der Waals surface area contributed by atoms with Gasteiger partial charge in [-0.2, -0.15) is 0 Å². The molecule has 1 N–H and O–H groups in total. The second kappa shape index (κ2) is 8.06. The highest BCUT2D eigenvalue weighted by atomic mass is 16.6. The van der Waals surface area contributed by atoms with E-state index in [9.17, 15) is 19.7 Å². The van der Waals surface area contributed by atoms with Crippen LogP contribution in [0.3, 0.4) is 0 Å². The van der Waals surface area contributed by atoms with Crippen LogP contribution in [0.2, 0.25) is 0 Å². The molecule has 1 aliphatic rings. The SMILES string of the molecule is C[C@H](NC(=O)c1cccc([N+](=O)[O-])c1)C(=O)N1CCC[C@H](N(C)C)C1. The minimum Gasteiger partial charge on any atom is -0.341 e. The van der Waals surface area contributed by atoms with Crippen molar-refractivity contribution >= 4 is 17.5 Å². The summed E-state index contributed by atoms with van der Waals surface area (Å²) in [6, 6.07) is 5.09. The summed E-state index contributed by atoms with van der Waals surface area (Å²) in [5.41, 5.74) is 0.00940. The number of likely N-dealkylation sites (tertiary alicyclic amines) is 1. The Kier molecular flexibility index (Phi) is 6.08. The largest absolute Gasteiger partial charge is 0.341 e. The number of benzene rings is 1. The van der Waals surface area contributed by atoms with Gasteiger partial charge in [0.25, 0.3) is 11.6 Å². The fraction of sp³-hybridized carbons (Fsp3) is 0.529. The highest BCUT2D eigenvalue weighted by molar-refractivity contribution is 5.97. The molecule has 136 valence electrons. The Morgan fingerprint density at radius 3 is 2.76 bits per heavy atom. The Morgan fingerprint density at radius 2 is 2.12 bits per heavy atom. The smallest absolute Gasteiger partial charge is 0.270 e. The van der Waals surface area contributed by atoms with Gasteiger partial charge in [0.15, 0.2) is 0 Å². The number of nitro benzene ring substituents is 1. The molecule has 1 aromatic carbocycles. The first-order valence-corrected chi connectivity index (χ1v) is 8.30. The van der Waals surface area contributed by atoms with E-state index in [-0.39, 0.29) is 17.2 Å². The molecule has 2 rings (SSSR count). The van der Waals surface area contributed by atoms with Crippen molar-refractivity contribution in [2.75, 3.05) is 27.2 Å². The third-order valence-corrected chi connectivity index (χ3v) is 4.48. The predicted octanol–water partition coefficient (Wildman–Crippen LogP) is 1.27. The first-order valence-electron chi connectivity index (χ1n) is 8.30. The molecule has 1 aliphatic heterocycles. The molecule has 2 amide bonds. The van der Waals surface area contributed by atoms with Crippen molar-refractivity contribution in [3.8, 4) is 0 Å². The molecule has 8 nitrogen and oxygen atoms in total. The molecular formula is C17H24N4O4. The van der Waals surface area contributed by atoms with Crippen LogP contribution in [-0.2, 0) is 4.79 Å². The Morgan fingerprint density at radius 1 is 1.40 bits per heavy atom. The van der Waals surface area contributed by atoms with Crippen LogP contribution >= 0.6 is 0 Å². The van der Waals surface area contributed by atoms with Crippen LogP contribution in [0, 0.1) is 10.1 Å². The van der Waals surface area contributed by atoms with Crippen molar-refractivity contribution in [1.29, 1.82) is 0 Å². The molecule has 8 heteroatoms. The monoisotopic (exact) mass is 348 g/mol. The Balaban J connectivity index is 1.99. The molecule has 0 bridgehead atoms. The zero-order valence-electron chi connectivity index (χ0n) is 14.8. The summed E-state index contributed by atoms with van der Waals surface area (Å²) in [6.07, 6.45) is 1.98. The standard InChI is InChI=1S/C17H24N4O4/c1-12(17(23)20-9-5-8-15(11-20)19(2)3)18-16(22)13-6-4-7-14(10-13)21(24)25/h4,6-7,10,12,15H,5,8-9,11H2,1-3H3,(H,18,22)/t12-,15-/m0/s1. The second-order valence-corrected chi connectivity index (χ2v) is 6.55. The van der Waals surface area contributed by atoms with Gasteiger partial charge >= 0.3 is 0 Å². The van der Waals surface area contributed by atoms with Crippen LogP contribution in [0.15, 0.2) is 24.3 Å². The number of nitro groups is 1. The van der Waals surface area contributed by atoms with Crippen molar-refractivity contribution in [1.82, 2.24) is 15.1 Å². The first kappa shape index (κ1) is 18.9. The Labute approximate surface area is 146 Å². The molecule has 0 radical (unpaired) electrons. The van der Waals surface area contributed by atoms with Gasteiger partial charge in [0.2, 0.25) is 5.91 Å². The van der Waals surface area contributed by atoms with E-state index in [1.54, 1.807) is 11.8 Å². The number of nitrogens with one attached hydrogen (secondary N) is 1. The number of hydrogen-bond acceptors (Lipinski definition) is 5. The predicted molar refractivity (Wildman–Crippen MR) is 93.3 cm³/mol. The number of likely N-dealkylation sites (N-methyl/N-ethyl adjacent to an activating group) is 1. The van der Waals surface area contributed by atoms with E-state index in [1.807, 2.05) is 14.1 Å². The molecular weight excluding hydrogens is 324 g/mol. The Bertz CT molecular complexity index is 662. The van der Waals surface area contributed by atoms with E-state index < -0.39 is 16.9 Å². The minimum absolute atomic E-state index is 0.134. The minimum atomic E-state index is -0.687. The van der Waals surface area contributed by atoms with E-state index in [2.05, 4.69) is 10.2 Å². The van der Waals surface area contributed by atoms with E-state index >= 15 is 0 Å². The molecule has 1 saturated heterocycles. The van der Waals surface area contributed by atoms with Crippen molar-refractivity contribution in [3.05, 3.63) is 39.9 Å². The second-order valence-electron chi connectivity index (χ2n) is 6.55. The van der Waals surface area contributed by atoms with E-state index in [0.29, 0.717) is 19.1 Å². The van der Waals surface area contributed by atoms with Gasteiger partial charge < -0.3 is 15.1 Å². The number of hydrogen-bond donors (Lipinski definition) is 1. The number of piperidine rings is 1. The van der Waals surface area contributed by atoms with Gasteiger partial charge in [0, 0.05) is 36.8 Å². The lowest BCUT2D eigenvalue weighted by molar-refractivity contribution is -0.384. The summed E-state index contributed by atoms with van der Waals surface area (Å²) in [6.45, 7) is 2.96. The number of non-ortho nitro benzene ring substituents is 1. The third kappa shape index (κ3) is 4.76. The van der Waals surface area contributed by atoms with Gasteiger partial charge in [0.1, 0.15) is 6.04 Å². The molecule has 0 unspecified atom stereocenters. The van der Waals surface area contributed by atoms with Crippen LogP contribution in [0.4, 0.5) is 5.69 Å². The summed E-state index contributed by atoms with van der Waals surface area (Å²) in [4.78, 5) is 39.0. The van der Waals surface area contributed by atoms with Crippen LogP contribution < -0.4 is 5.32 Å². The average molecular weight is 348 g/mol.